The lowest BCUT2D eigenvalue weighted by Crippen LogP contribution is -2.16. The lowest BCUT2D eigenvalue weighted by Gasteiger charge is -2.07. The quantitative estimate of drug-likeness (QED) is 0.879. The minimum Gasteiger partial charge on any atom is -0.478 e. The molecule has 0 spiro atoms. The molecule has 0 aliphatic heterocycles. The first-order valence-corrected chi connectivity index (χ1v) is 7.52. The summed E-state index contributed by atoms with van der Waals surface area (Å²) in [5.74, 6) is -4.54. The van der Waals surface area contributed by atoms with Crippen LogP contribution in [0.3, 0.4) is 0 Å². The second-order valence-corrected chi connectivity index (χ2v) is 6.23. The summed E-state index contributed by atoms with van der Waals surface area (Å²) in [5, 5.41) is 8.61. The summed E-state index contributed by atoms with van der Waals surface area (Å²) in [4.78, 5) is 13.4. The molecule has 0 atom stereocenters. The fraction of sp³-hybridized carbons (Fsp3) is 0.100. The molecule has 2 N–H and O–H groups in total. The maximum Gasteiger partial charge on any atom is 0.335 e. The van der Waals surface area contributed by atoms with Crippen molar-refractivity contribution < 1.29 is 27.1 Å². The number of hydrogen-bond donors (Lipinski definition) is 2. The zero-order valence-electron chi connectivity index (χ0n) is 10.3. The maximum absolute atomic E-state index is 13.6. The normalized spacial score (nSPS) is 11.4. The minimum atomic E-state index is -4.53. The molecule has 0 aliphatic rings. The molecule has 0 saturated heterocycles. The highest BCUT2D eigenvalue weighted by molar-refractivity contribution is 7.93. The van der Waals surface area contributed by atoms with E-state index in [0.29, 0.717) is 29.5 Å². The van der Waals surface area contributed by atoms with Gasteiger partial charge in [-0.15, -0.1) is 0 Å². The number of aromatic carboxylic acids is 1. The number of nitrogens with one attached hydrogen (secondary N) is 1. The van der Waals surface area contributed by atoms with Gasteiger partial charge in [-0.2, -0.15) is 4.37 Å². The second-order valence-electron chi connectivity index (χ2n) is 3.83. The number of benzene rings is 1. The number of carboxylic acid groups (broad SMARTS) is 1. The first kappa shape index (κ1) is 15.3. The molecule has 2 rings (SSSR count). The predicted molar refractivity (Wildman–Crippen MR) is 68.8 cm³/mol. The van der Waals surface area contributed by atoms with Gasteiger partial charge >= 0.3 is 5.97 Å². The van der Waals surface area contributed by atoms with E-state index in [0.717, 1.165) is 0 Å². The Bertz CT molecular complexity index is 820. The van der Waals surface area contributed by atoms with Crippen molar-refractivity contribution >= 4 is 32.7 Å². The van der Waals surface area contributed by atoms with Gasteiger partial charge in [-0.25, -0.2) is 27.0 Å². The molecule has 112 valence electrons. The van der Waals surface area contributed by atoms with E-state index < -0.39 is 38.1 Å². The van der Waals surface area contributed by atoms with Crippen LogP contribution in [0.25, 0.3) is 0 Å². The highest BCUT2D eigenvalue weighted by Gasteiger charge is 2.25. The molecule has 2 aromatic rings. The molecule has 0 fully saturated rings. The van der Waals surface area contributed by atoms with E-state index in [9.17, 15) is 22.0 Å². The number of anilines is 1. The average Bonchev–Trinajstić information content (AvgIpc) is 2.76. The molecule has 0 radical (unpaired) electrons. The smallest absolute Gasteiger partial charge is 0.335 e. The van der Waals surface area contributed by atoms with Gasteiger partial charge in [-0.1, -0.05) is 0 Å². The van der Waals surface area contributed by atoms with Crippen LogP contribution < -0.4 is 4.72 Å². The van der Waals surface area contributed by atoms with Gasteiger partial charge in [0.1, 0.15) is 10.7 Å². The Hall–Kier alpha value is -2.14. The van der Waals surface area contributed by atoms with Crippen molar-refractivity contribution in [3.05, 3.63) is 35.2 Å². The second kappa shape index (κ2) is 5.33. The van der Waals surface area contributed by atoms with Crippen LogP contribution in [0.5, 0.6) is 0 Å². The number of sulfonamides is 1. The van der Waals surface area contributed by atoms with Gasteiger partial charge in [0, 0.05) is 11.5 Å². The Morgan fingerprint density at radius 2 is 2.05 bits per heavy atom. The molecule has 1 aromatic heterocycles. The standard InChI is InChI=1S/C10H7F2N3O4S2/c1-4-13-10(20-14-4)15-21(18,19)7-3-5(9(16)17)2-6(11)8(7)12/h2-3H,1H3,(H,16,17)(H,13,14,15). The molecule has 11 heteroatoms. The average molecular weight is 335 g/mol. The third-order valence-corrected chi connectivity index (χ3v) is 4.47. The van der Waals surface area contributed by atoms with Crippen LogP contribution in [-0.4, -0.2) is 28.9 Å². The number of hydrogen-bond acceptors (Lipinski definition) is 6. The van der Waals surface area contributed by atoms with Crippen LogP contribution in [-0.2, 0) is 10.0 Å². The Labute approximate surface area is 121 Å². The number of aryl methyl sites for hydroxylation is 1. The van der Waals surface area contributed by atoms with Crippen molar-refractivity contribution in [1.82, 2.24) is 9.36 Å². The first-order chi connectivity index (χ1) is 9.70. The maximum atomic E-state index is 13.6. The number of aromatic nitrogens is 2. The van der Waals surface area contributed by atoms with Crippen LogP contribution in [0, 0.1) is 18.6 Å². The van der Waals surface area contributed by atoms with Gasteiger partial charge in [0.05, 0.1) is 5.56 Å². The van der Waals surface area contributed by atoms with Crippen molar-refractivity contribution in [2.75, 3.05) is 4.72 Å². The summed E-state index contributed by atoms with van der Waals surface area (Å²) < 4.78 is 56.5. The summed E-state index contributed by atoms with van der Waals surface area (Å²) in [6.45, 7) is 1.51. The van der Waals surface area contributed by atoms with E-state index in [4.69, 9.17) is 5.11 Å². The van der Waals surface area contributed by atoms with Crippen molar-refractivity contribution in [2.45, 2.75) is 11.8 Å². The number of carboxylic acids is 1. The molecular formula is C10H7F2N3O4S2. The summed E-state index contributed by atoms with van der Waals surface area (Å²) in [5.41, 5.74) is -0.692. The summed E-state index contributed by atoms with van der Waals surface area (Å²) in [6.07, 6.45) is 0. The number of rotatable bonds is 4. The highest BCUT2D eigenvalue weighted by Crippen LogP contribution is 2.23. The van der Waals surface area contributed by atoms with Gasteiger partial charge in [0.25, 0.3) is 10.0 Å². The molecule has 21 heavy (non-hydrogen) atoms. The lowest BCUT2D eigenvalue weighted by molar-refractivity contribution is 0.0696. The molecule has 0 aliphatic carbocycles. The van der Waals surface area contributed by atoms with Crippen molar-refractivity contribution in [1.29, 1.82) is 0 Å². The van der Waals surface area contributed by atoms with Gasteiger partial charge in [-0.05, 0) is 19.1 Å². The van der Waals surface area contributed by atoms with Crippen molar-refractivity contribution in [2.24, 2.45) is 0 Å². The van der Waals surface area contributed by atoms with Crippen LogP contribution in [0.15, 0.2) is 17.0 Å². The van der Waals surface area contributed by atoms with E-state index >= 15 is 0 Å². The fourth-order valence-electron chi connectivity index (χ4n) is 1.39. The molecule has 0 saturated carbocycles. The Kier molecular flexibility index (Phi) is 3.87. The predicted octanol–water partition coefficient (Wildman–Crippen LogP) is 1.62. The van der Waals surface area contributed by atoms with Gasteiger partial charge in [0.2, 0.25) is 5.13 Å². The third-order valence-electron chi connectivity index (χ3n) is 2.28. The van der Waals surface area contributed by atoms with E-state index in [1.54, 1.807) is 0 Å². The lowest BCUT2D eigenvalue weighted by atomic mass is 10.2. The SMILES string of the molecule is Cc1nsc(NS(=O)(=O)c2cc(C(=O)O)cc(F)c2F)n1. The van der Waals surface area contributed by atoms with Crippen LogP contribution in [0.1, 0.15) is 16.2 Å². The third kappa shape index (κ3) is 3.13. The summed E-state index contributed by atoms with van der Waals surface area (Å²) in [7, 11) is -4.53. The molecule has 1 heterocycles. The Balaban J connectivity index is 2.51. The van der Waals surface area contributed by atoms with E-state index in [1.165, 1.54) is 6.92 Å². The largest absolute Gasteiger partial charge is 0.478 e. The number of nitrogens with zero attached hydrogens (tertiary/aromatic N) is 2. The van der Waals surface area contributed by atoms with Crippen molar-refractivity contribution in [3.63, 3.8) is 0 Å². The van der Waals surface area contributed by atoms with Crippen LogP contribution in [0.2, 0.25) is 0 Å². The van der Waals surface area contributed by atoms with E-state index in [-0.39, 0.29) is 5.13 Å². The number of carbonyl (C=O) groups is 1. The molecule has 1 aromatic carbocycles. The molecule has 0 bridgehead atoms. The van der Waals surface area contributed by atoms with Gasteiger partial charge < -0.3 is 5.11 Å². The minimum absolute atomic E-state index is 0.145. The van der Waals surface area contributed by atoms with E-state index in [2.05, 4.69) is 9.36 Å². The molecule has 0 unspecified atom stereocenters. The first-order valence-electron chi connectivity index (χ1n) is 5.26. The van der Waals surface area contributed by atoms with Crippen LogP contribution >= 0.6 is 11.5 Å². The highest BCUT2D eigenvalue weighted by atomic mass is 32.2. The summed E-state index contributed by atoms with van der Waals surface area (Å²) >= 11 is 0.708. The fourth-order valence-corrected chi connectivity index (χ4v) is 3.30. The van der Waals surface area contributed by atoms with Crippen LogP contribution in [0.4, 0.5) is 13.9 Å². The molecule has 0 amide bonds. The molecular weight excluding hydrogens is 328 g/mol. The van der Waals surface area contributed by atoms with Crippen molar-refractivity contribution in [3.8, 4) is 0 Å². The van der Waals surface area contributed by atoms with E-state index in [1.807, 2.05) is 4.72 Å². The summed E-state index contributed by atoms with van der Waals surface area (Å²) in [6, 6.07) is 0.919. The topological polar surface area (TPSA) is 109 Å². The Morgan fingerprint density at radius 1 is 1.38 bits per heavy atom. The Morgan fingerprint density at radius 3 is 2.57 bits per heavy atom. The zero-order chi connectivity index (χ0) is 15.8. The van der Waals surface area contributed by atoms with Gasteiger partial charge in [-0.3, -0.25) is 4.72 Å². The molecule has 7 nitrogen and oxygen atoms in total. The number of halogens is 2. The van der Waals surface area contributed by atoms with Gasteiger partial charge in [0.15, 0.2) is 11.6 Å². The zero-order valence-corrected chi connectivity index (χ0v) is 11.9. The monoisotopic (exact) mass is 335 g/mol.